The molecule has 0 aromatic heterocycles. The van der Waals surface area contributed by atoms with E-state index >= 15 is 0 Å². The summed E-state index contributed by atoms with van der Waals surface area (Å²) in [5.41, 5.74) is -0.514. The maximum absolute atomic E-state index is 13.9. The van der Waals surface area contributed by atoms with E-state index in [1.807, 2.05) is 0 Å². The van der Waals surface area contributed by atoms with Crippen molar-refractivity contribution in [2.24, 2.45) is 0 Å². The van der Waals surface area contributed by atoms with Crippen LogP contribution in [0.4, 0.5) is 8.78 Å². The number of hydrogen-bond acceptors (Lipinski definition) is 4. The summed E-state index contributed by atoms with van der Waals surface area (Å²) in [7, 11) is 1.51. The normalized spacial score (nSPS) is 12.8. The Kier molecular flexibility index (Phi) is 5.67. The van der Waals surface area contributed by atoms with Crippen LogP contribution in [0.5, 0.6) is 5.75 Å². The van der Waals surface area contributed by atoms with E-state index in [1.165, 1.54) is 14.0 Å². The molecule has 2 atom stereocenters. The molecule has 2 unspecified atom stereocenters. The minimum Gasteiger partial charge on any atom is -0.497 e. The van der Waals surface area contributed by atoms with Crippen LogP contribution in [0.15, 0.2) is 36.4 Å². The maximum atomic E-state index is 13.9. The fraction of sp³-hybridized carbons (Fsp3) is 0.222. The highest BCUT2D eigenvalue weighted by Gasteiger charge is 2.24. The second-order valence-corrected chi connectivity index (χ2v) is 5.41. The smallest absolute Gasteiger partial charge is 0.257 e. The fourth-order valence-electron chi connectivity index (χ4n) is 2.30. The van der Waals surface area contributed by atoms with E-state index in [2.05, 4.69) is 5.32 Å². The van der Waals surface area contributed by atoms with Crippen molar-refractivity contribution in [2.75, 3.05) is 7.11 Å². The summed E-state index contributed by atoms with van der Waals surface area (Å²) in [6, 6.07) is 8.89. The average molecular weight is 346 g/mol. The van der Waals surface area contributed by atoms with Crippen LogP contribution in [-0.4, -0.2) is 24.2 Å². The number of benzene rings is 2. The Morgan fingerprint density at radius 3 is 2.28 bits per heavy atom. The van der Waals surface area contributed by atoms with Gasteiger partial charge in [0.25, 0.3) is 5.91 Å². The van der Waals surface area contributed by atoms with Crippen molar-refractivity contribution in [2.45, 2.75) is 19.1 Å². The molecular weight excluding hydrogens is 330 g/mol. The van der Waals surface area contributed by atoms with Crippen LogP contribution in [0.25, 0.3) is 0 Å². The Labute approximate surface area is 143 Å². The number of aliphatic hydroxyl groups is 1. The van der Waals surface area contributed by atoms with Crippen molar-refractivity contribution in [1.82, 2.24) is 5.32 Å². The summed E-state index contributed by atoms with van der Waals surface area (Å²) in [5, 5.41) is 21.3. The van der Waals surface area contributed by atoms with E-state index in [9.17, 15) is 18.7 Å². The Morgan fingerprint density at radius 1 is 1.24 bits per heavy atom. The molecule has 2 N–H and O–H groups in total. The predicted molar refractivity (Wildman–Crippen MR) is 86.0 cm³/mol. The standard InChI is InChI=1S/C18H16F2N2O3/c1-10(17(23)12-3-5-13(25-2)6-4-12)22-18(24)16-14(19)7-11(9-21)8-15(16)20/h3-8,10,17,23H,1-2H3,(H,22,24). The third-order valence-corrected chi connectivity index (χ3v) is 3.69. The molecule has 0 aliphatic heterocycles. The first kappa shape index (κ1) is 18.4. The van der Waals surface area contributed by atoms with Gasteiger partial charge in [-0.3, -0.25) is 4.79 Å². The van der Waals surface area contributed by atoms with Gasteiger partial charge in [-0.25, -0.2) is 8.78 Å². The third kappa shape index (κ3) is 4.11. The summed E-state index contributed by atoms with van der Waals surface area (Å²) < 4.78 is 32.8. The van der Waals surface area contributed by atoms with Gasteiger partial charge in [-0.2, -0.15) is 5.26 Å². The van der Waals surface area contributed by atoms with Crippen molar-refractivity contribution in [1.29, 1.82) is 5.26 Å². The number of nitrogens with one attached hydrogen (secondary N) is 1. The molecular formula is C18H16F2N2O3. The van der Waals surface area contributed by atoms with Gasteiger partial charge in [-0.05, 0) is 36.8 Å². The van der Waals surface area contributed by atoms with Crippen LogP contribution in [-0.2, 0) is 0 Å². The predicted octanol–water partition coefficient (Wildman–Crippen LogP) is 2.70. The third-order valence-electron chi connectivity index (χ3n) is 3.69. The lowest BCUT2D eigenvalue weighted by Crippen LogP contribution is -2.38. The monoisotopic (exact) mass is 346 g/mol. The zero-order valence-corrected chi connectivity index (χ0v) is 13.6. The number of ether oxygens (including phenoxy) is 1. The number of hydrogen-bond donors (Lipinski definition) is 2. The average Bonchev–Trinajstić information content (AvgIpc) is 2.60. The molecule has 2 rings (SSSR count). The molecule has 130 valence electrons. The van der Waals surface area contributed by atoms with E-state index in [-0.39, 0.29) is 5.56 Å². The van der Waals surface area contributed by atoms with E-state index in [1.54, 1.807) is 30.3 Å². The Morgan fingerprint density at radius 2 is 1.80 bits per heavy atom. The number of nitriles is 1. The zero-order valence-electron chi connectivity index (χ0n) is 13.6. The maximum Gasteiger partial charge on any atom is 0.257 e. The van der Waals surface area contributed by atoms with Gasteiger partial charge in [0.2, 0.25) is 0 Å². The van der Waals surface area contributed by atoms with Crippen LogP contribution in [0.1, 0.15) is 34.5 Å². The van der Waals surface area contributed by atoms with Crippen molar-refractivity contribution in [3.63, 3.8) is 0 Å². The second kappa shape index (κ2) is 7.73. The molecule has 0 spiro atoms. The molecule has 2 aromatic carbocycles. The van der Waals surface area contributed by atoms with Crippen LogP contribution >= 0.6 is 0 Å². The van der Waals surface area contributed by atoms with Gasteiger partial charge in [-0.1, -0.05) is 12.1 Å². The number of aliphatic hydroxyl groups excluding tert-OH is 1. The Balaban J connectivity index is 2.15. The lowest BCUT2D eigenvalue weighted by Gasteiger charge is -2.21. The van der Waals surface area contributed by atoms with Crippen LogP contribution in [0.3, 0.4) is 0 Å². The molecule has 0 saturated heterocycles. The van der Waals surface area contributed by atoms with Crippen molar-refractivity contribution in [3.8, 4) is 11.8 Å². The Bertz CT molecular complexity index is 793. The molecule has 25 heavy (non-hydrogen) atoms. The highest BCUT2D eigenvalue weighted by molar-refractivity contribution is 5.95. The molecule has 2 aromatic rings. The molecule has 0 bridgehead atoms. The first-order valence-electron chi connectivity index (χ1n) is 7.39. The molecule has 0 aliphatic rings. The molecule has 1 amide bonds. The van der Waals surface area contributed by atoms with E-state index in [0.717, 1.165) is 12.1 Å². The fourth-order valence-corrected chi connectivity index (χ4v) is 2.30. The van der Waals surface area contributed by atoms with Gasteiger partial charge < -0.3 is 15.2 Å². The van der Waals surface area contributed by atoms with Crippen LogP contribution in [0, 0.1) is 23.0 Å². The zero-order chi connectivity index (χ0) is 18.6. The van der Waals surface area contributed by atoms with Crippen molar-refractivity contribution < 1.29 is 23.4 Å². The van der Waals surface area contributed by atoms with Gasteiger partial charge in [0.1, 0.15) is 22.9 Å². The molecule has 5 nitrogen and oxygen atoms in total. The van der Waals surface area contributed by atoms with Gasteiger partial charge in [0, 0.05) is 0 Å². The molecule has 0 radical (unpaired) electrons. The summed E-state index contributed by atoms with van der Waals surface area (Å²) >= 11 is 0. The lowest BCUT2D eigenvalue weighted by atomic mass is 10.0. The van der Waals surface area contributed by atoms with Gasteiger partial charge in [0.15, 0.2) is 0 Å². The van der Waals surface area contributed by atoms with E-state index in [0.29, 0.717) is 11.3 Å². The number of methoxy groups -OCH3 is 1. The highest BCUT2D eigenvalue weighted by atomic mass is 19.1. The first-order valence-corrected chi connectivity index (χ1v) is 7.39. The van der Waals surface area contributed by atoms with Gasteiger partial charge >= 0.3 is 0 Å². The quantitative estimate of drug-likeness (QED) is 0.872. The van der Waals surface area contributed by atoms with Crippen molar-refractivity contribution >= 4 is 5.91 Å². The minimum absolute atomic E-state index is 0.224. The second-order valence-electron chi connectivity index (χ2n) is 5.41. The minimum atomic E-state index is -1.14. The molecule has 0 heterocycles. The Hall–Kier alpha value is -2.98. The number of carbonyl (C=O) groups is 1. The lowest BCUT2D eigenvalue weighted by molar-refractivity contribution is 0.0844. The van der Waals surface area contributed by atoms with Crippen LogP contribution < -0.4 is 10.1 Å². The molecule has 0 fully saturated rings. The number of halogens is 2. The summed E-state index contributed by atoms with van der Waals surface area (Å²) in [6.45, 7) is 1.51. The number of nitrogens with zero attached hydrogens (tertiary/aromatic N) is 1. The number of carbonyl (C=O) groups excluding carboxylic acids is 1. The van der Waals surface area contributed by atoms with E-state index < -0.39 is 35.3 Å². The number of amides is 1. The summed E-state index contributed by atoms with van der Waals surface area (Å²) in [4.78, 5) is 12.1. The molecule has 7 heteroatoms. The largest absolute Gasteiger partial charge is 0.497 e. The van der Waals surface area contributed by atoms with Crippen molar-refractivity contribution in [3.05, 3.63) is 64.7 Å². The van der Waals surface area contributed by atoms with Gasteiger partial charge in [-0.15, -0.1) is 0 Å². The van der Waals surface area contributed by atoms with Crippen LogP contribution in [0.2, 0.25) is 0 Å². The first-order chi connectivity index (χ1) is 11.9. The molecule has 0 saturated carbocycles. The SMILES string of the molecule is COc1ccc(C(O)C(C)NC(=O)c2c(F)cc(C#N)cc2F)cc1. The number of rotatable bonds is 5. The topological polar surface area (TPSA) is 82.3 Å². The highest BCUT2D eigenvalue weighted by Crippen LogP contribution is 2.21. The van der Waals surface area contributed by atoms with Gasteiger partial charge in [0.05, 0.1) is 30.9 Å². The molecule has 0 aliphatic carbocycles. The summed E-state index contributed by atoms with van der Waals surface area (Å²) in [5.74, 6) is -2.69. The summed E-state index contributed by atoms with van der Waals surface area (Å²) in [6.07, 6.45) is -1.08. The van der Waals surface area contributed by atoms with E-state index in [4.69, 9.17) is 10.00 Å².